The lowest BCUT2D eigenvalue weighted by molar-refractivity contribution is 0.0179. The second kappa shape index (κ2) is 15.8. The van der Waals surface area contributed by atoms with Gasteiger partial charge in [0.05, 0.1) is 39.0 Å². The standard InChI is InChI=1S/C24H40N4O3.HI/c1-3-25-24(26-10-4-13-30-18-21-9-14-31-19-21)27-17-23(28-11-15-29-16-12-28)22-7-5-20(2)6-8-22;/h5-8,21,23H,3-4,9-19H2,1-2H3,(H2,25,26,27);1H. The van der Waals surface area contributed by atoms with E-state index in [1.807, 2.05) is 0 Å². The molecule has 0 spiro atoms. The number of guanidine groups is 1. The second-order valence-corrected chi connectivity index (χ2v) is 8.38. The Labute approximate surface area is 210 Å². The Morgan fingerprint density at radius 3 is 2.62 bits per heavy atom. The Kier molecular flexibility index (Phi) is 13.5. The summed E-state index contributed by atoms with van der Waals surface area (Å²) >= 11 is 0. The number of hydrogen-bond acceptors (Lipinski definition) is 5. The lowest BCUT2D eigenvalue weighted by Gasteiger charge is -2.34. The highest BCUT2D eigenvalue weighted by Gasteiger charge is 2.22. The molecule has 0 aromatic heterocycles. The van der Waals surface area contributed by atoms with E-state index in [0.717, 1.165) is 91.2 Å². The summed E-state index contributed by atoms with van der Waals surface area (Å²) in [5.74, 6) is 1.45. The fraction of sp³-hybridized carbons (Fsp3) is 0.708. The van der Waals surface area contributed by atoms with Crippen LogP contribution in [0.15, 0.2) is 29.3 Å². The SMILES string of the molecule is CCNC(=NCC(c1ccc(C)cc1)N1CCOCC1)NCCCOCC1CCOC1.I. The Morgan fingerprint density at radius 1 is 1.16 bits per heavy atom. The first-order valence-corrected chi connectivity index (χ1v) is 11.8. The molecule has 1 aromatic carbocycles. The van der Waals surface area contributed by atoms with Crippen molar-refractivity contribution >= 4 is 29.9 Å². The Hall–Kier alpha value is -0.940. The molecule has 32 heavy (non-hydrogen) atoms. The van der Waals surface area contributed by atoms with Crippen LogP contribution in [-0.2, 0) is 14.2 Å². The minimum absolute atomic E-state index is 0. The average molecular weight is 561 g/mol. The molecule has 2 aliphatic rings. The van der Waals surface area contributed by atoms with E-state index in [1.54, 1.807) is 0 Å². The molecular weight excluding hydrogens is 519 g/mol. The van der Waals surface area contributed by atoms with E-state index in [1.165, 1.54) is 11.1 Å². The summed E-state index contributed by atoms with van der Waals surface area (Å²) in [5.41, 5.74) is 2.60. The number of aryl methyl sites for hydroxylation is 1. The predicted octanol–water partition coefficient (Wildman–Crippen LogP) is 2.98. The first-order chi connectivity index (χ1) is 15.3. The van der Waals surface area contributed by atoms with Crippen molar-refractivity contribution in [2.24, 2.45) is 10.9 Å². The van der Waals surface area contributed by atoms with Gasteiger partial charge in [-0.15, -0.1) is 24.0 Å². The van der Waals surface area contributed by atoms with Crippen LogP contribution in [0.4, 0.5) is 0 Å². The second-order valence-electron chi connectivity index (χ2n) is 8.38. The Bertz CT molecular complexity index is 647. The van der Waals surface area contributed by atoms with Crippen molar-refractivity contribution in [3.63, 3.8) is 0 Å². The van der Waals surface area contributed by atoms with Crippen LogP contribution in [0.5, 0.6) is 0 Å². The summed E-state index contributed by atoms with van der Waals surface area (Å²) in [6, 6.07) is 9.11. The highest BCUT2D eigenvalue weighted by Crippen LogP contribution is 2.23. The van der Waals surface area contributed by atoms with Gasteiger partial charge in [0.15, 0.2) is 5.96 Å². The lowest BCUT2D eigenvalue weighted by atomic mass is 10.0. The zero-order chi connectivity index (χ0) is 21.7. The quantitative estimate of drug-likeness (QED) is 0.188. The van der Waals surface area contributed by atoms with Crippen molar-refractivity contribution in [1.29, 1.82) is 0 Å². The molecule has 3 rings (SSSR count). The fourth-order valence-electron chi connectivity index (χ4n) is 3.97. The number of morpholine rings is 1. The number of nitrogens with one attached hydrogen (secondary N) is 2. The third-order valence-corrected chi connectivity index (χ3v) is 5.85. The van der Waals surface area contributed by atoms with E-state index in [9.17, 15) is 0 Å². The molecule has 2 fully saturated rings. The van der Waals surface area contributed by atoms with Gasteiger partial charge in [0.25, 0.3) is 0 Å². The number of rotatable bonds is 11. The topological polar surface area (TPSA) is 67.4 Å². The molecule has 0 bridgehead atoms. The number of benzene rings is 1. The van der Waals surface area contributed by atoms with Gasteiger partial charge in [-0.25, -0.2) is 0 Å². The van der Waals surface area contributed by atoms with Crippen LogP contribution < -0.4 is 10.6 Å². The molecule has 8 heteroatoms. The maximum absolute atomic E-state index is 5.81. The highest BCUT2D eigenvalue weighted by atomic mass is 127. The summed E-state index contributed by atoms with van der Waals surface area (Å²) in [7, 11) is 0. The van der Waals surface area contributed by atoms with E-state index in [0.29, 0.717) is 5.92 Å². The van der Waals surface area contributed by atoms with E-state index in [-0.39, 0.29) is 30.0 Å². The maximum atomic E-state index is 5.81. The van der Waals surface area contributed by atoms with Gasteiger partial charge < -0.3 is 24.8 Å². The van der Waals surface area contributed by atoms with E-state index in [2.05, 4.69) is 53.6 Å². The van der Waals surface area contributed by atoms with Crippen molar-refractivity contribution in [3.05, 3.63) is 35.4 Å². The average Bonchev–Trinajstić information content (AvgIpc) is 3.31. The van der Waals surface area contributed by atoms with Crippen LogP contribution in [-0.4, -0.2) is 83.2 Å². The van der Waals surface area contributed by atoms with Gasteiger partial charge in [-0.2, -0.15) is 0 Å². The molecule has 2 heterocycles. The minimum Gasteiger partial charge on any atom is -0.381 e. The molecule has 2 atom stereocenters. The van der Waals surface area contributed by atoms with Crippen LogP contribution in [0, 0.1) is 12.8 Å². The largest absolute Gasteiger partial charge is 0.381 e. The third kappa shape index (κ3) is 9.51. The van der Waals surface area contributed by atoms with Gasteiger partial charge in [0.1, 0.15) is 0 Å². The third-order valence-electron chi connectivity index (χ3n) is 5.85. The summed E-state index contributed by atoms with van der Waals surface area (Å²) in [6.45, 7) is 13.4. The fourth-order valence-corrected chi connectivity index (χ4v) is 3.97. The normalized spacial score (nSPS) is 20.6. The summed E-state index contributed by atoms with van der Waals surface area (Å²) < 4.78 is 16.8. The molecule has 2 unspecified atom stereocenters. The van der Waals surface area contributed by atoms with Crippen molar-refractivity contribution < 1.29 is 14.2 Å². The molecule has 0 aliphatic carbocycles. The zero-order valence-corrected chi connectivity index (χ0v) is 22.0. The molecular formula is C24H41IN4O3. The van der Waals surface area contributed by atoms with Gasteiger partial charge in [0, 0.05) is 45.3 Å². The molecule has 1 aromatic rings. The monoisotopic (exact) mass is 560 g/mol. The molecule has 182 valence electrons. The van der Waals surface area contributed by atoms with Crippen molar-refractivity contribution in [2.45, 2.75) is 32.7 Å². The van der Waals surface area contributed by atoms with Gasteiger partial charge in [-0.1, -0.05) is 29.8 Å². The summed E-state index contributed by atoms with van der Waals surface area (Å²) in [5, 5.41) is 6.83. The predicted molar refractivity (Wildman–Crippen MR) is 140 cm³/mol. The van der Waals surface area contributed by atoms with Gasteiger partial charge in [-0.05, 0) is 32.3 Å². The van der Waals surface area contributed by atoms with Crippen LogP contribution in [0.25, 0.3) is 0 Å². The number of aliphatic imine (C=N–C) groups is 1. The van der Waals surface area contributed by atoms with Gasteiger partial charge >= 0.3 is 0 Å². The maximum Gasteiger partial charge on any atom is 0.191 e. The van der Waals surface area contributed by atoms with Gasteiger partial charge in [0.2, 0.25) is 0 Å². The number of hydrogen-bond donors (Lipinski definition) is 2. The molecule has 2 aliphatic heterocycles. The van der Waals surface area contributed by atoms with Crippen LogP contribution in [0.2, 0.25) is 0 Å². The molecule has 0 radical (unpaired) electrons. The van der Waals surface area contributed by atoms with Crippen molar-refractivity contribution in [1.82, 2.24) is 15.5 Å². The molecule has 0 saturated carbocycles. The van der Waals surface area contributed by atoms with Crippen molar-refractivity contribution in [2.75, 3.05) is 72.4 Å². The van der Waals surface area contributed by atoms with Crippen LogP contribution in [0.1, 0.15) is 36.9 Å². The molecule has 2 saturated heterocycles. The van der Waals surface area contributed by atoms with E-state index in [4.69, 9.17) is 19.2 Å². The van der Waals surface area contributed by atoms with Crippen molar-refractivity contribution in [3.8, 4) is 0 Å². The van der Waals surface area contributed by atoms with Gasteiger partial charge in [-0.3, -0.25) is 9.89 Å². The minimum atomic E-state index is 0. The lowest BCUT2D eigenvalue weighted by Crippen LogP contribution is -2.42. The zero-order valence-electron chi connectivity index (χ0n) is 19.7. The first-order valence-electron chi connectivity index (χ1n) is 11.8. The molecule has 0 amide bonds. The molecule has 7 nitrogen and oxygen atoms in total. The smallest absolute Gasteiger partial charge is 0.191 e. The van der Waals surface area contributed by atoms with Crippen LogP contribution >= 0.6 is 24.0 Å². The summed E-state index contributed by atoms with van der Waals surface area (Å²) in [4.78, 5) is 7.41. The summed E-state index contributed by atoms with van der Waals surface area (Å²) in [6.07, 6.45) is 2.09. The number of ether oxygens (including phenoxy) is 3. The van der Waals surface area contributed by atoms with E-state index < -0.39 is 0 Å². The highest BCUT2D eigenvalue weighted by molar-refractivity contribution is 14.0. The first kappa shape index (κ1) is 27.3. The Morgan fingerprint density at radius 2 is 1.94 bits per heavy atom. The van der Waals surface area contributed by atoms with E-state index >= 15 is 0 Å². The van der Waals surface area contributed by atoms with Crippen LogP contribution in [0.3, 0.4) is 0 Å². The Balaban J connectivity index is 0.00000363. The molecule has 2 N–H and O–H groups in total. The number of halogens is 1. The number of nitrogens with zero attached hydrogens (tertiary/aromatic N) is 2.